The van der Waals surface area contributed by atoms with Crippen molar-refractivity contribution in [3.63, 3.8) is 0 Å². The zero-order chi connectivity index (χ0) is 11.4. The van der Waals surface area contributed by atoms with Gasteiger partial charge in [0.05, 0.1) is 13.2 Å². The Kier molecular flexibility index (Phi) is 3.07. The minimum atomic E-state index is -0.906. The van der Waals surface area contributed by atoms with Crippen LogP contribution >= 0.6 is 0 Å². The Labute approximate surface area is 93.4 Å². The second kappa shape index (κ2) is 4.51. The monoisotopic (exact) mass is 222 g/mol. The number of para-hydroxylation sites is 1. The van der Waals surface area contributed by atoms with Gasteiger partial charge in [-0.05, 0) is 12.1 Å². The third-order valence-corrected chi connectivity index (χ3v) is 2.43. The van der Waals surface area contributed by atoms with Crippen molar-refractivity contribution in [2.24, 2.45) is 4.99 Å². The number of aliphatic hydroxyl groups excluding tert-OH is 2. The molecule has 86 valence electrons. The first kappa shape index (κ1) is 10.9. The van der Waals surface area contributed by atoms with E-state index in [0.717, 1.165) is 5.69 Å². The van der Waals surface area contributed by atoms with Crippen LogP contribution in [0.4, 0.5) is 5.69 Å². The Morgan fingerprint density at radius 3 is 2.50 bits per heavy atom. The average Bonchev–Trinajstić information content (AvgIpc) is 2.75. The lowest BCUT2D eigenvalue weighted by molar-refractivity contribution is 0.0976. The molecule has 0 radical (unpaired) electrons. The predicted octanol–water partition coefficient (Wildman–Crippen LogP) is 0.208. The van der Waals surface area contributed by atoms with Crippen LogP contribution in [0.3, 0.4) is 0 Å². The number of benzene rings is 1. The van der Waals surface area contributed by atoms with Gasteiger partial charge in [-0.2, -0.15) is 0 Å². The summed E-state index contributed by atoms with van der Waals surface area (Å²) in [6, 6.07) is 9.78. The van der Waals surface area contributed by atoms with E-state index in [1.807, 2.05) is 30.3 Å². The third-order valence-electron chi connectivity index (χ3n) is 2.43. The first-order valence-electron chi connectivity index (χ1n) is 5.04. The third kappa shape index (κ3) is 2.15. The maximum Gasteiger partial charge on any atom is 0.290 e. The van der Waals surface area contributed by atoms with Gasteiger partial charge in [0.25, 0.3) is 6.02 Å². The Morgan fingerprint density at radius 2 is 1.94 bits per heavy atom. The number of amidine groups is 1. The molecule has 0 aliphatic carbocycles. The van der Waals surface area contributed by atoms with Gasteiger partial charge in [0, 0.05) is 5.69 Å². The molecule has 5 nitrogen and oxygen atoms in total. The van der Waals surface area contributed by atoms with Crippen molar-refractivity contribution in [1.82, 2.24) is 0 Å². The van der Waals surface area contributed by atoms with Crippen LogP contribution in [-0.4, -0.2) is 41.6 Å². The molecule has 1 aliphatic heterocycles. The highest BCUT2D eigenvalue weighted by Gasteiger charge is 2.35. The van der Waals surface area contributed by atoms with Crippen molar-refractivity contribution in [2.75, 3.05) is 25.1 Å². The van der Waals surface area contributed by atoms with Crippen molar-refractivity contribution in [1.29, 1.82) is 0 Å². The van der Waals surface area contributed by atoms with E-state index >= 15 is 0 Å². The highest BCUT2D eigenvalue weighted by Crippen LogP contribution is 2.18. The molecule has 0 bridgehead atoms. The van der Waals surface area contributed by atoms with Crippen LogP contribution in [0.15, 0.2) is 35.3 Å². The largest absolute Gasteiger partial charge is 0.462 e. The Hall–Kier alpha value is -1.59. The zero-order valence-corrected chi connectivity index (χ0v) is 8.76. The molecular weight excluding hydrogens is 208 g/mol. The van der Waals surface area contributed by atoms with Gasteiger partial charge in [-0.1, -0.05) is 18.2 Å². The van der Waals surface area contributed by atoms with Crippen molar-refractivity contribution >= 4 is 11.7 Å². The van der Waals surface area contributed by atoms with Gasteiger partial charge in [-0.25, -0.2) is 4.99 Å². The molecule has 1 aliphatic rings. The summed E-state index contributed by atoms with van der Waals surface area (Å²) in [4.78, 5) is 4.14. The van der Waals surface area contributed by atoms with Gasteiger partial charge in [0.15, 0.2) is 0 Å². The average molecular weight is 222 g/mol. The number of aliphatic imine (C=N–C) groups is 1. The molecule has 0 aromatic heterocycles. The summed E-state index contributed by atoms with van der Waals surface area (Å²) in [5.41, 5.74) is -0.0511. The Morgan fingerprint density at radius 1 is 1.25 bits per heavy atom. The molecule has 3 N–H and O–H groups in total. The first-order valence-corrected chi connectivity index (χ1v) is 5.04. The van der Waals surface area contributed by atoms with Crippen molar-refractivity contribution in [2.45, 2.75) is 5.54 Å². The topological polar surface area (TPSA) is 74.1 Å². The maximum absolute atomic E-state index is 9.13. The van der Waals surface area contributed by atoms with E-state index < -0.39 is 5.54 Å². The lowest BCUT2D eigenvalue weighted by Gasteiger charge is -2.16. The number of anilines is 1. The molecule has 1 aromatic rings. The fourth-order valence-electron chi connectivity index (χ4n) is 1.40. The summed E-state index contributed by atoms with van der Waals surface area (Å²) >= 11 is 0. The van der Waals surface area contributed by atoms with Crippen LogP contribution in [0.1, 0.15) is 0 Å². The lowest BCUT2D eigenvalue weighted by Crippen LogP contribution is -2.37. The SMILES string of the molecule is OCC1(CO)COC(Nc2ccccc2)=N1. The van der Waals surface area contributed by atoms with Crippen LogP contribution in [0.2, 0.25) is 0 Å². The normalized spacial score (nSPS) is 17.8. The van der Waals surface area contributed by atoms with Crippen molar-refractivity contribution < 1.29 is 14.9 Å². The molecule has 5 heteroatoms. The van der Waals surface area contributed by atoms with E-state index in [9.17, 15) is 0 Å². The number of rotatable bonds is 3. The van der Waals surface area contributed by atoms with E-state index in [2.05, 4.69) is 10.3 Å². The molecule has 2 rings (SSSR count). The van der Waals surface area contributed by atoms with Crippen molar-refractivity contribution in [3.8, 4) is 0 Å². The van der Waals surface area contributed by atoms with E-state index in [1.54, 1.807) is 0 Å². The number of hydrogen-bond acceptors (Lipinski definition) is 5. The molecule has 0 amide bonds. The lowest BCUT2D eigenvalue weighted by atomic mass is 10.1. The molecule has 0 spiro atoms. The Balaban J connectivity index is 2.08. The van der Waals surface area contributed by atoms with E-state index in [1.165, 1.54) is 0 Å². The van der Waals surface area contributed by atoms with Gasteiger partial charge in [0.2, 0.25) is 0 Å². The molecule has 0 atom stereocenters. The number of ether oxygens (including phenoxy) is 1. The van der Waals surface area contributed by atoms with Gasteiger partial charge in [0.1, 0.15) is 12.1 Å². The van der Waals surface area contributed by atoms with Gasteiger partial charge in [-0.3, -0.25) is 0 Å². The molecule has 1 heterocycles. The number of aliphatic hydroxyl groups is 2. The smallest absolute Gasteiger partial charge is 0.290 e. The molecule has 0 unspecified atom stereocenters. The zero-order valence-electron chi connectivity index (χ0n) is 8.76. The summed E-state index contributed by atoms with van der Waals surface area (Å²) in [7, 11) is 0. The standard InChI is InChI=1S/C11H14N2O3/c14-6-11(7-15)8-16-10(13-11)12-9-4-2-1-3-5-9/h1-5,14-15H,6-8H2,(H,12,13). The summed E-state index contributed by atoms with van der Waals surface area (Å²) in [6.07, 6.45) is 0. The minimum Gasteiger partial charge on any atom is -0.462 e. The van der Waals surface area contributed by atoms with Crippen LogP contribution in [0.25, 0.3) is 0 Å². The van der Waals surface area contributed by atoms with Crippen LogP contribution in [0.5, 0.6) is 0 Å². The molecule has 0 saturated heterocycles. The fourth-order valence-corrected chi connectivity index (χ4v) is 1.40. The van der Waals surface area contributed by atoms with Crippen LogP contribution < -0.4 is 5.32 Å². The summed E-state index contributed by atoms with van der Waals surface area (Å²) in [5, 5.41) is 21.2. The van der Waals surface area contributed by atoms with Gasteiger partial charge >= 0.3 is 0 Å². The van der Waals surface area contributed by atoms with E-state index in [4.69, 9.17) is 14.9 Å². The summed E-state index contributed by atoms with van der Waals surface area (Å²) in [6.45, 7) is -0.276. The van der Waals surface area contributed by atoms with Crippen LogP contribution in [0, 0.1) is 0 Å². The molecule has 1 aromatic carbocycles. The van der Waals surface area contributed by atoms with E-state index in [-0.39, 0.29) is 19.8 Å². The van der Waals surface area contributed by atoms with Crippen molar-refractivity contribution in [3.05, 3.63) is 30.3 Å². The van der Waals surface area contributed by atoms with Gasteiger partial charge in [-0.15, -0.1) is 0 Å². The Bertz CT molecular complexity index is 374. The number of nitrogens with one attached hydrogen (secondary N) is 1. The predicted molar refractivity (Wildman–Crippen MR) is 60.4 cm³/mol. The molecule has 16 heavy (non-hydrogen) atoms. The summed E-state index contributed by atoms with van der Waals surface area (Å²) in [5.74, 6) is 0. The number of hydrogen-bond donors (Lipinski definition) is 3. The van der Waals surface area contributed by atoms with E-state index in [0.29, 0.717) is 6.02 Å². The number of nitrogens with zero attached hydrogens (tertiary/aromatic N) is 1. The second-order valence-electron chi connectivity index (χ2n) is 3.74. The first-order chi connectivity index (χ1) is 7.78. The highest BCUT2D eigenvalue weighted by molar-refractivity contribution is 5.90. The molecule has 0 saturated carbocycles. The van der Waals surface area contributed by atoms with Gasteiger partial charge < -0.3 is 20.3 Å². The minimum absolute atomic E-state index is 0.190. The summed E-state index contributed by atoms with van der Waals surface area (Å²) < 4.78 is 5.27. The van der Waals surface area contributed by atoms with Crippen LogP contribution in [-0.2, 0) is 4.74 Å². The quantitative estimate of drug-likeness (QED) is 0.683. The maximum atomic E-state index is 9.13. The molecular formula is C11H14N2O3. The fraction of sp³-hybridized carbons (Fsp3) is 0.364. The second-order valence-corrected chi connectivity index (χ2v) is 3.74. The molecule has 0 fully saturated rings. The highest BCUT2D eigenvalue weighted by atomic mass is 16.5.